The molecule has 0 spiro atoms. The van der Waals surface area contributed by atoms with E-state index in [4.69, 9.17) is 5.73 Å². The second kappa shape index (κ2) is 6.75. The Labute approximate surface area is 142 Å². The lowest BCUT2D eigenvalue weighted by Gasteiger charge is -2.31. The summed E-state index contributed by atoms with van der Waals surface area (Å²) < 4.78 is 27.0. The molecule has 0 radical (unpaired) electrons. The molecule has 6 heteroatoms. The lowest BCUT2D eigenvalue weighted by atomic mass is 9.90. The molecule has 0 aliphatic carbocycles. The molecule has 2 aromatic rings. The molecule has 0 bridgehead atoms. The highest BCUT2D eigenvalue weighted by atomic mass is 32.2. The number of benzene rings is 2. The highest BCUT2D eigenvalue weighted by Crippen LogP contribution is 2.30. The van der Waals surface area contributed by atoms with Gasteiger partial charge in [-0.15, -0.1) is 0 Å². The van der Waals surface area contributed by atoms with Gasteiger partial charge in [0.25, 0.3) is 0 Å². The second-order valence-corrected chi connectivity index (χ2v) is 7.92. The minimum absolute atomic E-state index is 0.200. The maximum atomic E-state index is 12.7. The Hall–Kier alpha value is -2.18. The van der Waals surface area contributed by atoms with Crippen LogP contribution in [0, 0.1) is 0 Å². The van der Waals surface area contributed by atoms with Gasteiger partial charge in [0.2, 0.25) is 15.9 Å². The summed E-state index contributed by atoms with van der Waals surface area (Å²) >= 11 is 0. The molecule has 5 nitrogen and oxygen atoms in total. The molecule has 1 heterocycles. The quantitative estimate of drug-likeness (QED) is 0.924. The van der Waals surface area contributed by atoms with Gasteiger partial charge in [0, 0.05) is 18.7 Å². The number of primary amides is 1. The van der Waals surface area contributed by atoms with Crippen LogP contribution in [-0.2, 0) is 10.0 Å². The Morgan fingerprint density at radius 3 is 2.08 bits per heavy atom. The predicted molar refractivity (Wildman–Crippen MR) is 92.1 cm³/mol. The van der Waals surface area contributed by atoms with Crippen molar-refractivity contribution in [3.8, 4) is 0 Å². The van der Waals surface area contributed by atoms with Crippen LogP contribution in [0.2, 0.25) is 0 Å². The lowest BCUT2D eigenvalue weighted by molar-refractivity contribution is 0.1000. The van der Waals surface area contributed by atoms with Gasteiger partial charge < -0.3 is 5.73 Å². The zero-order valence-electron chi connectivity index (χ0n) is 13.3. The molecular weight excluding hydrogens is 324 g/mol. The van der Waals surface area contributed by atoms with Gasteiger partial charge in [-0.3, -0.25) is 4.79 Å². The fourth-order valence-corrected chi connectivity index (χ4v) is 4.56. The van der Waals surface area contributed by atoms with E-state index in [1.807, 2.05) is 18.2 Å². The lowest BCUT2D eigenvalue weighted by Crippen LogP contribution is -2.37. The number of carbonyl (C=O) groups is 1. The van der Waals surface area contributed by atoms with Crippen LogP contribution < -0.4 is 5.73 Å². The van der Waals surface area contributed by atoms with Crippen molar-refractivity contribution in [1.82, 2.24) is 4.31 Å². The zero-order chi connectivity index (χ0) is 17.2. The van der Waals surface area contributed by atoms with E-state index in [0.717, 1.165) is 12.8 Å². The Morgan fingerprint density at radius 2 is 1.54 bits per heavy atom. The summed E-state index contributed by atoms with van der Waals surface area (Å²) in [5.74, 6) is -0.169. The van der Waals surface area contributed by atoms with Crippen LogP contribution in [0.3, 0.4) is 0 Å². The van der Waals surface area contributed by atoms with Gasteiger partial charge in [0.05, 0.1) is 4.90 Å². The summed E-state index contributed by atoms with van der Waals surface area (Å²) in [6.45, 7) is 0.999. The number of nitrogens with zero attached hydrogens (tertiary/aromatic N) is 1. The minimum atomic E-state index is -3.53. The second-order valence-electron chi connectivity index (χ2n) is 5.98. The van der Waals surface area contributed by atoms with E-state index in [0.29, 0.717) is 24.6 Å². The monoisotopic (exact) mass is 344 g/mol. The van der Waals surface area contributed by atoms with Crippen molar-refractivity contribution in [2.75, 3.05) is 13.1 Å². The average molecular weight is 344 g/mol. The molecule has 1 aliphatic rings. The first-order valence-corrected chi connectivity index (χ1v) is 9.37. The number of piperidine rings is 1. The van der Waals surface area contributed by atoms with Crippen LogP contribution in [0.5, 0.6) is 0 Å². The summed E-state index contributed by atoms with van der Waals surface area (Å²) in [5, 5.41) is 0. The van der Waals surface area contributed by atoms with E-state index in [2.05, 4.69) is 12.1 Å². The number of sulfonamides is 1. The van der Waals surface area contributed by atoms with Gasteiger partial charge in [-0.1, -0.05) is 30.3 Å². The van der Waals surface area contributed by atoms with Gasteiger partial charge >= 0.3 is 0 Å². The summed E-state index contributed by atoms with van der Waals surface area (Å²) in [4.78, 5) is 11.3. The number of hydrogen-bond donors (Lipinski definition) is 1. The topological polar surface area (TPSA) is 80.5 Å². The molecule has 1 fully saturated rings. The third kappa shape index (κ3) is 3.34. The standard InChI is InChI=1S/C18H20N2O3S/c19-18(21)16-6-8-17(9-7-16)24(22,23)20-12-10-15(11-13-20)14-4-2-1-3-5-14/h1-9,15H,10-13H2,(H2,19,21). The minimum Gasteiger partial charge on any atom is -0.366 e. The molecular formula is C18H20N2O3S. The highest BCUT2D eigenvalue weighted by Gasteiger charge is 2.29. The molecule has 126 valence electrons. The van der Waals surface area contributed by atoms with Gasteiger partial charge in [-0.25, -0.2) is 8.42 Å². The van der Waals surface area contributed by atoms with Crippen molar-refractivity contribution in [1.29, 1.82) is 0 Å². The number of rotatable bonds is 4. The van der Waals surface area contributed by atoms with E-state index in [-0.39, 0.29) is 4.90 Å². The van der Waals surface area contributed by atoms with Crippen molar-refractivity contribution in [3.63, 3.8) is 0 Å². The number of carbonyl (C=O) groups excluding carboxylic acids is 1. The Morgan fingerprint density at radius 1 is 0.958 bits per heavy atom. The van der Waals surface area contributed by atoms with Gasteiger partial charge in [0.15, 0.2) is 0 Å². The van der Waals surface area contributed by atoms with E-state index in [9.17, 15) is 13.2 Å². The first-order valence-electron chi connectivity index (χ1n) is 7.93. The van der Waals surface area contributed by atoms with Crippen LogP contribution in [0.4, 0.5) is 0 Å². The van der Waals surface area contributed by atoms with Crippen LogP contribution in [0.25, 0.3) is 0 Å². The third-order valence-corrected chi connectivity index (χ3v) is 6.41. The van der Waals surface area contributed by atoms with Gasteiger partial charge in [0.1, 0.15) is 0 Å². The summed E-state index contributed by atoms with van der Waals surface area (Å²) in [6, 6.07) is 16.0. The maximum absolute atomic E-state index is 12.7. The van der Waals surface area contributed by atoms with Crippen molar-refractivity contribution >= 4 is 15.9 Å². The molecule has 2 N–H and O–H groups in total. The highest BCUT2D eigenvalue weighted by molar-refractivity contribution is 7.89. The predicted octanol–water partition coefficient (Wildman–Crippen LogP) is 2.35. The summed E-state index contributed by atoms with van der Waals surface area (Å²) in [7, 11) is -3.53. The van der Waals surface area contributed by atoms with Crippen LogP contribution in [0.1, 0.15) is 34.7 Å². The normalized spacial score (nSPS) is 16.8. The molecule has 1 aliphatic heterocycles. The molecule has 1 amide bonds. The molecule has 1 saturated heterocycles. The third-order valence-electron chi connectivity index (χ3n) is 4.50. The molecule has 0 aromatic heterocycles. The van der Waals surface area contributed by atoms with E-state index in [1.54, 1.807) is 0 Å². The number of hydrogen-bond acceptors (Lipinski definition) is 3. The van der Waals surface area contributed by atoms with Gasteiger partial charge in [-0.2, -0.15) is 4.31 Å². The molecule has 3 rings (SSSR count). The van der Waals surface area contributed by atoms with Crippen LogP contribution in [0.15, 0.2) is 59.5 Å². The largest absolute Gasteiger partial charge is 0.366 e. The van der Waals surface area contributed by atoms with Crippen molar-refractivity contribution < 1.29 is 13.2 Å². The fraction of sp³-hybridized carbons (Fsp3) is 0.278. The molecule has 0 unspecified atom stereocenters. The summed E-state index contributed by atoms with van der Waals surface area (Å²) in [5.41, 5.74) is 6.75. The Balaban J connectivity index is 1.72. The van der Waals surface area contributed by atoms with Crippen molar-refractivity contribution in [2.24, 2.45) is 5.73 Å². The first kappa shape index (κ1) is 16.7. The van der Waals surface area contributed by atoms with Crippen molar-refractivity contribution in [2.45, 2.75) is 23.7 Å². The van der Waals surface area contributed by atoms with E-state index >= 15 is 0 Å². The SMILES string of the molecule is NC(=O)c1ccc(S(=O)(=O)N2CCC(c3ccccc3)CC2)cc1. The van der Waals surface area contributed by atoms with E-state index in [1.165, 1.54) is 34.1 Å². The van der Waals surface area contributed by atoms with E-state index < -0.39 is 15.9 Å². The van der Waals surface area contributed by atoms with Crippen molar-refractivity contribution in [3.05, 3.63) is 65.7 Å². The Bertz CT molecular complexity index is 809. The summed E-state index contributed by atoms with van der Waals surface area (Å²) in [6.07, 6.45) is 1.62. The molecule has 2 aromatic carbocycles. The van der Waals surface area contributed by atoms with Crippen LogP contribution >= 0.6 is 0 Å². The molecule has 0 atom stereocenters. The smallest absolute Gasteiger partial charge is 0.248 e. The zero-order valence-corrected chi connectivity index (χ0v) is 14.1. The van der Waals surface area contributed by atoms with Gasteiger partial charge in [-0.05, 0) is 48.6 Å². The fourth-order valence-electron chi connectivity index (χ4n) is 3.09. The molecule has 24 heavy (non-hydrogen) atoms. The van der Waals surface area contributed by atoms with Crippen LogP contribution in [-0.4, -0.2) is 31.7 Å². The average Bonchev–Trinajstić information content (AvgIpc) is 2.62. The Kier molecular flexibility index (Phi) is 4.69. The first-order chi connectivity index (χ1) is 11.5. The number of amides is 1. The maximum Gasteiger partial charge on any atom is 0.248 e. The molecule has 0 saturated carbocycles. The number of nitrogens with two attached hydrogens (primary N) is 1.